The van der Waals surface area contributed by atoms with Gasteiger partial charge < -0.3 is 0 Å². The van der Waals surface area contributed by atoms with Gasteiger partial charge in [0, 0.05) is 19.1 Å². The molecule has 1 heterocycles. The highest BCUT2D eigenvalue weighted by atomic mass is 32.2. The van der Waals surface area contributed by atoms with Crippen molar-refractivity contribution in [3.8, 4) is 0 Å². The zero-order valence-electron chi connectivity index (χ0n) is 24.2. The third-order valence-electron chi connectivity index (χ3n) is 12.5. The average molecular weight is 522 g/mol. The van der Waals surface area contributed by atoms with Crippen LogP contribution in [-0.2, 0) is 14.3 Å². The molecule has 0 N–H and O–H groups in total. The summed E-state index contributed by atoms with van der Waals surface area (Å²) >= 11 is 0. The van der Waals surface area contributed by atoms with Gasteiger partial charge in [-0.15, -0.1) is 0 Å². The topological polar surface area (TPSA) is 46.6 Å². The first-order valence-corrected chi connectivity index (χ1v) is 17.3. The Morgan fingerprint density at radius 2 is 1.58 bits per heavy atom. The van der Waals surface area contributed by atoms with Crippen LogP contribution < -0.4 is 0 Å². The Hall–Kier alpha value is -0.130. The van der Waals surface area contributed by atoms with E-state index >= 15 is 0 Å². The number of nitrogens with zero attached hydrogens (tertiary/aromatic N) is 1. The molecule has 0 aromatic rings. The SMILES string of the molecule is CC(C)CCCC(C)C1CCC2C3CCC4C[C@H](N5CC(OS(C)(=O)=O)C5)CC[C@]4(C)C3CC[C@]12C. The highest BCUT2D eigenvalue weighted by Gasteiger charge is 2.61. The van der Waals surface area contributed by atoms with Crippen LogP contribution in [0.15, 0.2) is 0 Å². The van der Waals surface area contributed by atoms with Gasteiger partial charge in [0.05, 0.1) is 6.26 Å². The molecular weight excluding hydrogens is 466 g/mol. The van der Waals surface area contributed by atoms with Crippen molar-refractivity contribution in [2.75, 3.05) is 19.3 Å². The second kappa shape index (κ2) is 10.1. The summed E-state index contributed by atoms with van der Waals surface area (Å²) in [6.07, 6.45) is 18.1. The van der Waals surface area contributed by atoms with Crippen molar-refractivity contribution >= 4 is 10.1 Å². The molecule has 9 atom stereocenters. The first kappa shape index (κ1) is 27.4. The molecule has 0 bridgehead atoms. The first-order chi connectivity index (χ1) is 16.9. The Kier molecular flexibility index (Phi) is 7.71. The smallest absolute Gasteiger partial charge is 0.264 e. The summed E-state index contributed by atoms with van der Waals surface area (Å²) in [5.41, 5.74) is 1.11. The number of rotatable bonds is 8. The number of likely N-dealkylation sites (tertiary alicyclic amines) is 1. The molecule has 0 spiro atoms. The van der Waals surface area contributed by atoms with Crippen LogP contribution in [0.3, 0.4) is 0 Å². The minimum absolute atomic E-state index is 0.122. The number of fused-ring (bicyclic) bond motifs is 5. The average Bonchev–Trinajstić information content (AvgIpc) is 3.12. The zero-order chi connectivity index (χ0) is 25.9. The van der Waals surface area contributed by atoms with E-state index in [0.717, 1.165) is 54.5 Å². The minimum Gasteiger partial charge on any atom is -0.295 e. The second-order valence-electron chi connectivity index (χ2n) is 15.0. The van der Waals surface area contributed by atoms with Crippen LogP contribution in [0.4, 0.5) is 0 Å². The third kappa shape index (κ3) is 5.08. The monoisotopic (exact) mass is 521 g/mol. The molecule has 1 saturated heterocycles. The van der Waals surface area contributed by atoms with Crippen LogP contribution in [0, 0.1) is 52.3 Å². The van der Waals surface area contributed by atoms with Crippen LogP contribution in [0.1, 0.15) is 112 Å². The molecule has 0 aromatic carbocycles. The lowest BCUT2D eigenvalue weighted by molar-refractivity contribution is -0.132. The van der Waals surface area contributed by atoms with E-state index in [1.165, 1.54) is 83.3 Å². The van der Waals surface area contributed by atoms with Gasteiger partial charge in [0.1, 0.15) is 6.10 Å². The Labute approximate surface area is 222 Å². The molecule has 0 amide bonds. The van der Waals surface area contributed by atoms with Gasteiger partial charge in [0.15, 0.2) is 0 Å². The van der Waals surface area contributed by atoms with Gasteiger partial charge in [-0.05, 0) is 110 Å². The molecule has 0 aromatic heterocycles. The van der Waals surface area contributed by atoms with Crippen molar-refractivity contribution in [1.29, 1.82) is 0 Å². The van der Waals surface area contributed by atoms with Crippen LogP contribution in [0.5, 0.6) is 0 Å². The Bertz CT molecular complexity index is 882. The summed E-state index contributed by atoms with van der Waals surface area (Å²) in [4.78, 5) is 2.52. The van der Waals surface area contributed by atoms with Gasteiger partial charge in [0.2, 0.25) is 0 Å². The van der Waals surface area contributed by atoms with E-state index in [1.807, 2.05) is 0 Å². The molecule has 208 valence electrons. The van der Waals surface area contributed by atoms with Gasteiger partial charge in [-0.1, -0.05) is 53.9 Å². The van der Waals surface area contributed by atoms with E-state index < -0.39 is 10.1 Å². The number of hydrogen-bond acceptors (Lipinski definition) is 4. The van der Waals surface area contributed by atoms with E-state index in [4.69, 9.17) is 4.18 Å². The summed E-state index contributed by atoms with van der Waals surface area (Å²) in [7, 11) is -3.34. The molecule has 5 fully saturated rings. The molecule has 4 aliphatic carbocycles. The van der Waals surface area contributed by atoms with Crippen LogP contribution in [0.2, 0.25) is 0 Å². The standard InChI is InChI=1S/C31H55NO3S/c1-21(2)8-7-9-22(3)27-12-13-28-26-11-10-23-18-24(32-19-25(20-32)35-36(6,33)34)14-16-30(23,4)29(26)15-17-31(27,28)5/h21-29H,7-20H2,1-6H3/t22?,23?,24-,26?,27?,28?,29?,30+,31-/m1/s1. The van der Waals surface area contributed by atoms with E-state index in [-0.39, 0.29) is 6.10 Å². The quantitative estimate of drug-likeness (QED) is 0.319. The summed E-state index contributed by atoms with van der Waals surface area (Å²) in [5.74, 6) is 6.40. The predicted molar refractivity (Wildman–Crippen MR) is 148 cm³/mol. The zero-order valence-corrected chi connectivity index (χ0v) is 25.0. The fourth-order valence-corrected chi connectivity index (χ4v) is 11.3. The van der Waals surface area contributed by atoms with E-state index in [9.17, 15) is 8.42 Å². The van der Waals surface area contributed by atoms with E-state index in [1.54, 1.807) is 0 Å². The van der Waals surface area contributed by atoms with Crippen molar-refractivity contribution in [3.05, 3.63) is 0 Å². The highest BCUT2D eigenvalue weighted by molar-refractivity contribution is 7.86. The predicted octanol–water partition coefficient (Wildman–Crippen LogP) is 7.14. The van der Waals surface area contributed by atoms with Crippen LogP contribution >= 0.6 is 0 Å². The molecule has 4 nitrogen and oxygen atoms in total. The maximum Gasteiger partial charge on any atom is 0.264 e. The van der Waals surface area contributed by atoms with E-state index in [0.29, 0.717) is 16.9 Å². The summed E-state index contributed by atoms with van der Waals surface area (Å²) in [5, 5.41) is 0. The Morgan fingerprint density at radius 3 is 2.28 bits per heavy atom. The van der Waals surface area contributed by atoms with Crippen molar-refractivity contribution in [2.24, 2.45) is 52.3 Å². The van der Waals surface area contributed by atoms with Crippen LogP contribution in [0.25, 0.3) is 0 Å². The van der Waals surface area contributed by atoms with Crippen LogP contribution in [-0.4, -0.2) is 44.8 Å². The fourth-order valence-electron chi connectivity index (χ4n) is 10.7. The Balaban J connectivity index is 1.19. The van der Waals surface area contributed by atoms with Crippen molar-refractivity contribution < 1.29 is 12.6 Å². The Morgan fingerprint density at radius 1 is 0.889 bits per heavy atom. The van der Waals surface area contributed by atoms with Gasteiger partial charge >= 0.3 is 0 Å². The van der Waals surface area contributed by atoms with E-state index in [2.05, 4.69) is 39.5 Å². The fraction of sp³-hybridized carbons (Fsp3) is 1.00. The minimum atomic E-state index is -3.34. The summed E-state index contributed by atoms with van der Waals surface area (Å²) < 4.78 is 28.2. The molecule has 6 unspecified atom stereocenters. The van der Waals surface area contributed by atoms with Gasteiger partial charge in [-0.2, -0.15) is 8.42 Å². The maximum absolute atomic E-state index is 11.5. The molecule has 5 heteroatoms. The molecule has 36 heavy (non-hydrogen) atoms. The van der Waals surface area contributed by atoms with Gasteiger partial charge in [-0.25, -0.2) is 0 Å². The maximum atomic E-state index is 11.5. The lowest BCUT2D eigenvalue weighted by atomic mass is 9.44. The molecule has 4 saturated carbocycles. The van der Waals surface area contributed by atoms with Crippen molar-refractivity contribution in [1.82, 2.24) is 4.90 Å². The molecule has 5 rings (SSSR count). The number of hydrogen-bond donors (Lipinski definition) is 0. The second-order valence-corrected chi connectivity index (χ2v) is 16.6. The molecule has 5 aliphatic rings. The lowest BCUT2D eigenvalue weighted by Gasteiger charge is -2.62. The lowest BCUT2D eigenvalue weighted by Crippen LogP contribution is -2.60. The summed E-state index contributed by atoms with van der Waals surface area (Å²) in [6, 6.07) is 0.635. The molecule has 1 aliphatic heterocycles. The first-order valence-electron chi connectivity index (χ1n) is 15.5. The van der Waals surface area contributed by atoms with Gasteiger partial charge in [0.25, 0.3) is 10.1 Å². The summed E-state index contributed by atoms with van der Waals surface area (Å²) in [6.45, 7) is 14.3. The van der Waals surface area contributed by atoms with Crippen molar-refractivity contribution in [2.45, 2.75) is 124 Å². The highest BCUT2D eigenvalue weighted by Crippen LogP contribution is 2.68. The third-order valence-corrected chi connectivity index (χ3v) is 13.2. The normalized spacial score (nSPS) is 44.5. The largest absolute Gasteiger partial charge is 0.295 e. The molecular formula is C31H55NO3S. The molecule has 0 radical (unpaired) electrons. The van der Waals surface area contributed by atoms with Crippen molar-refractivity contribution in [3.63, 3.8) is 0 Å². The van der Waals surface area contributed by atoms with Gasteiger partial charge in [-0.3, -0.25) is 9.08 Å².